The summed E-state index contributed by atoms with van der Waals surface area (Å²) in [6.07, 6.45) is 0.682. The third-order valence-corrected chi connectivity index (χ3v) is 3.04. The number of fused-ring (bicyclic) bond motifs is 1. The van der Waals surface area contributed by atoms with Gasteiger partial charge < -0.3 is 10.3 Å². The van der Waals surface area contributed by atoms with Gasteiger partial charge in [0.05, 0.1) is 5.69 Å². The number of rotatable bonds is 1. The molecule has 18 heavy (non-hydrogen) atoms. The highest BCUT2D eigenvalue weighted by atomic mass is 19.1. The Labute approximate surface area is 103 Å². The zero-order valence-corrected chi connectivity index (χ0v) is 9.66. The zero-order chi connectivity index (χ0) is 12.5. The van der Waals surface area contributed by atoms with Crippen LogP contribution in [0.2, 0.25) is 0 Å². The van der Waals surface area contributed by atoms with Crippen molar-refractivity contribution in [1.29, 1.82) is 0 Å². The van der Waals surface area contributed by atoms with Crippen LogP contribution in [0.25, 0.3) is 11.4 Å². The van der Waals surface area contributed by atoms with Gasteiger partial charge in [0.25, 0.3) is 5.56 Å². The molecular formula is C13H12FN3O. The van der Waals surface area contributed by atoms with Crippen LogP contribution in [-0.2, 0) is 13.0 Å². The van der Waals surface area contributed by atoms with Gasteiger partial charge in [-0.3, -0.25) is 4.79 Å². The van der Waals surface area contributed by atoms with Crippen molar-refractivity contribution >= 4 is 0 Å². The average Bonchev–Trinajstić information content (AvgIpc) is 2.39. The van der Waals surface area contributed by atoms with Crippen molar-refractivity contribution < 1.29 is 4.39 Å². The Morgan fingerprint density at radius 2 is 2.22 bits per heavy atom. The van der Waals surface area contributed by atoms with Crippen LogP contribution in [0.3, 0.4) is 0 Å². The Kier molecular flexibility index (Phi) is 2.68. The van der Waals surface area contributed by atoms with Crippen LogP contribution in [0, 0.1) is 5.82 Å². The van der Waals surface area contributed by atoms with Crippen molar-refractivity contribution in [3.63, 3.8) is 0 Å². The summed E-state index contributed by atoms with van der Waals surface area (Å²) in [6, 6.07) is 6.05. The Hall–Kier alpha value is -2.01. The molecule has 2 N–H and O–H groups in total. The number of benzene rings is 1. The summed E-state index contributed by atoms with van der Waals surface area (Å²) in [4.78, 5) is 19.0. The minimum Gasteiger partial charge on any atom is -0.311 e. The van der Waals surface area contributed by atoms with Gasteiger partial charge in [0.15, 0.2) is 0 Å². The van der Waals surface area contributed by atoms with Crippen LogP contribution in [0.15, 0.2) is 29.1 Å². The van der Waals surface area contributed by atoms with Gasteiger partial charge in [0.1, 0.15) is 11.6 Å². The molecule has 1 aliphatic rings. The second-order valence-corrected chi connectivity index (χ2v) is 4.28. The topological polar surface area (TPSA) is 57.8 Å². The number of hydrogen-bond acceptors (Lipinski definition) is 3. The fourth-order valence-electron chi connectivity index (χ4n) is 2.14. The second kappa shape index (κ2) is 4.34. The van der Waals surface area contributed by atoms with E-state index in [1.54, 1.807) is 12.1 Å². The molecule has 1 aliphatic heterocycles. The number of hydrogen-bond donors (Lipinski definition) is 2. The van der Waals surface area contributed by atoms with E-state index in [1.807, 2.05) is 0 Å². The van der Waals surface area contributed by atoms with E-state index in [4.69, 9.17) is 0 Å². The fourth-order valence-corrected chi connectivity index (χ4v) is 2.14. The number of nitrogens with zero attached hydrogens (tertiary/aromatic N) is 1. The lowest BCUT2D eigenvalue weighted by molar-refractivity contribution is 0.618. The largest absolute Gasteiger partial charge is 0.311 e. The molecule has 4 nitrogen and oxygen atoms in total. The standard InChI is InChI=1S/C13H12FN3O/c14-9-3-1-2-8(6-9)12-16-11-7-15-5-4-10(11)13(18)17-12/h1-3,6,15H,4-5,7H2,(H,16,17,18). The van der Waals surface area contributed by atoms with E-state index in [1.165, 1.54) is 12.1 Å². The minimum absolute atomic E-state index is 0.124. The summed E-state index contributed by atoms with van der Waals surface area (Å²) < 4.78 is 13.2. The second-order valence-electron chi connectivity index (χ2n) is 4.28. The predicted octanol–water partition coefficient (Wildman–Crippen LogP) is 1.22. The predicted molar refractivity (Wildman–Crippen MR) is 65.7 cm³/mol. The minimum atomic E-state index is -0.342. The third kappa shape index (κ3) is 1.93. The van der Waals surface area contributed by atoms with Gasteiger partial charge in [0, 0.05) is 17.7 Å². The molecule has 0 saturated carbocycles. The van der Waals surface area contributed by atoms with Crippen molar-refractivity contribution in [3.8, 4) is 11.4 Å². The molecule has 1 aromatic carbocycles. The first-order chi connectivity index (χ1) is 8.74. The van der Waals surface area contributed by atoms with E-state index in [-0.39, 0.29) is 11.4 Å². The molecule has 2 heterocycles. The summed E-state index contributed by atoms with van der Waals surface area (Å²) in [5, 5.41) is 3.17. The lowest BCUT2D eigenvalue weighted by Crippen LogP contribution is -2.31. The van der Waals surface area contributed by atoms with E-state index in [0.29, 0.717) is 24.4 Å². The molecule has 2 aromatic rings. The number of halogens is 1. The van der Waals surface area contributed by atoms with Gasteiger partial charge in [0.2, 0.25) is 0 Å². The number of aromatic nitrogens is 2. The van der Waals surface area contributed by atoms with Crippen molar-refractivity contribution in [3.05, 3.63) is 51.7 Å². The van der Waals surface area contributed by atoms with Gasteiger partial charge in [-0.2, -0.15) is 0 Å². The lowest BCUT2D eigenvalue weighted by Gasteiger charge is -2.15. The molecule has 0 radical (unpaired) electrons. The van der Waals surface area contributed by atoms with Gasteiger partial charge in [-0.25, -0.2) is 9.37 Å². The molecule has 92 valence electrons. The van der Waals surface area contributed by atoms with E-state index < -0.39 is 0 Å². The van der Waals surface area contributed by atoms with Gasteiger partial charge >= 0.3 is 0 Å². The Morgan fingerprint density at radius 1 is 1.33 bits per heavy atom. The SMILES string of the molecule is O=c1[nH]c(-c2cccc(F)c2)nc2c1CCNC2. The fraction of sp³-hybridized carbons (Fsp3) is 0.231. The highest BCUT2D eigenvalue weighted by molar-refractivity contribution is 5.55. The van der Waals surface area contributed by atoms with Crippen LogP contribution >= 0.6 is 0 Å². The number of nitrogens with one attached hydrogen (secondary N) is 2. The summed E-state index contributed by atoms with van der Waals surface area (Å²) in [5.74, 6) is 0.0768. The molecule has 0 spiro atoms. The molecule has 0 bridgehead atoms. The molecule has 0 atom stereocenters. The first kappa shape index (κ1) is 11.1. The first-order valence-corrected chi connectivity index (χ1v) is 5.83. The number of H-pyrrole nitrogens is 1. The van der Waals surface area contributed by atoms with E-state index in [0.717, 1.165) is 17.8 Å². The smallest absolute Gasteiger partial charge is 0.254 e. The normalized spacial score (nSPS) is 14.3. The maximum absolute atomic E-state index is 13.2. The van der Waals surface area contributed by atoms with Gasteiger partial charge in [-0.1, -0.05) is 12.1 Å². The van der Waals surface area contributed by atoms with Crippen molar-refractivity contribution in [2.45, 2.75) is 13.0 Å². The van der Waals surface area contributed by atoms with Crippen molar-refractivity contribution in [1.82, 2.24) is 15.3 Å². The summed E-state index contributed by atoms with van der Waals surface area (Å²) in [6.45, 7) is 1.37. The van der Waals surface area contributed by atoms with Gasteiger partial charge in [-0.15, -0.1) is 0 Å². The third-order valence-electron chi connectivity index (χ3n) is 3.04. The highest BCUT2D eigenvalue weighted by Gasteiger charge is 2.15. The molecule has 0 fully saturated rings. The molecule has 0 amide bonds. The molecule has 0 saturated heterocycles. The highest BCUT2D eigenvalue weighted by Crippen LogP contribution is 2.16. The quantitative estimate of drug-likeness (QED) is 0.794. The number of aromatic amines is 1. The average molecular weight is 245 g/mol. The summed E-state index contributed by atoms with van der Waals surface area (Å²) in [5.41, 5.74) is 1.94. The van der Waals surface area contributed by atoms with Crippen molar-refractivity contribution in [2.75, 3.05) is 6.54 Å². The lowest BCUT2D eigenvalue weighted by atomic mass is 10.1. The Balaban J connectivity index is 2.14. The van der Waals surface area contributed by atoms with E-state index in [9.17, 15) is 9.18 Å². The van der Waals surface area contributed by atoms with Crippen LogP contribution < -0.4 is 10.9 Å². The van der Waals surface area contributed by atoms with Crippen molar-refractivity contribution in [2.24, 2.45) is 0 Å². The molecular weight excluding hydrogens is 233 g/mol. The maximum Gasteiger partial charge on any atom is 0.254 e. The first-order valence-electron chi connectivity index (χ1n) is 5.83. The summed E-state index contributed by atoms with van der Waals surface area (Å²) >= 11 is 0. The molecule has 1 aromatic heterocycles. The van der Waals surface area contributed by atoms with Crippen LogP contribution in [0.5, 0.6) is 0 Å². The molecule has 0 unspecified atom stereocenters. The maximum atomic E-state index is 13.2. The van der Waals surface area contributed by atoms with Gasteiger partial charge in [-0.05, 0) is 25.1 Å². The molecule has 3 rings (SSSR count). The van der Waals surface area contributed by atoms with E-state index >= 15 is 0 Å². The van der Waals surface area contributed by atoms with E-state index in [2.05, 4.69) is 15.3 Å². The van der Waals surface area contributed by atoms with Crippen LogP contribution in [-0.4, -0.2) is 16.5 Å². The van der Waals surface area contributed by atoms with Crippen LogP contribution in [0.1, 0.15) is 11.3 Å². The Bertz CT molecular complexity index is 651. The molecule has 5 heteroatoms. The summed E-state index contributed by atoms with van der Waals surface area (Å²) in [7, 11) is 0. The monoisotopic (exact) mass is 245 g/mol. The zero-order valence-electron chi connectivity index (χ0n) is 9.66. The Morgan fingerprint density at radius 3 is 3.06 bits per heavy atom. The van der Waals surface area contributed by atoms with Crippen LogP contribution in [0.4, 0.5) is 4.39 Å². The molecule has 0 aliphatic carbocycles.